The molecule has 3 heterocycles. The Balaban J connectivity index is 1.58. The number of carbonyl (C=O) groups is 1. The first-order chi connectivity index (χ1) is 15.0. The molecule has 0 unspecified atom stereocenters. The second-order valence-corrected chi connectivity index (χ2v) is 9.40. The molecule has 0 radical (unpaired) electrons. The van der Waals surface area contributed by atoms with Gasteiger partial charge in [-0.25, -0.2) is 5.01 Å². The second-order valence-electron chi connectivity index (χ2n) is 8.05. The fraction of sp³-hybridized carbons (Fsp3) is 0.167. The van der Waals surface area contributed by atoms with Crippen molar-refractivity contribution in [1.82, 2.24) is 5.01 Å². The monoisotopic (exact) mass is 493 g/mol. The second kappa shape index (κ2) is 6.58. The number of anilines is 1. The summed E-state index contributed by atoms with van der Waals surface area (Å²) >= 11 is 9.66. The number of hydrogen-bond acceptors (Lipinski definition) is 4. The van der Waals surface area contributed by atoms with Gasteiger partial charge in [0.05, 0.1) is 23.0 Å². The minimum Gasteiger partial charge on any atom is -0.453 e. The molecule has 6 rings (SSSR count). The summed E-state index contributed by atoms with van der Waals surface area (Å²) in [5.74, 6) is 0.467. The van der Waals surface area contributed by atoms with Crippen LogP contribution < -0.4 is 10.1 Å². The average Bonchev–Trinajstić information content (AvgIpc) is 3.31. The van der Waals surface area contributed by atoms with Crippen molar-refractivity contribution < 1.29 is 9.53 Å². The topological polar surface area (TPSA) is 53.9 Å². The highest BCUT2D eigenvalue weighted by atomic mass is 79.9. The minimum absolute atomic E-state index is 0.135. The van der Waals surface area contributed by atoms with Gasteiger partial charge in [0.15, 0.2) is 0 Å². The van der Waals surface area contributed by atoms with E-state index in [-0.39, 0.29) is 11.9 Å². The van der Waals surface area contributed by atoms with Gasteiger partial charge in [0.25, 0.3) is 5.91 Å². The molecule has 3 aliphatic rings. The maximum atomic E-state index is 13.5. The van der Waals surface area contributed by atoms with Gasteiger partial charge >= 0.3 is 5.72 Å². The first-order valence-electron chi connectivity index (χ1n) is 9.99. The Hall–Kier alpha value is -2.83. The van der Waals surface area contributed by atoms with Crippen LogP contribution in [0, 0.1) is 6.92 Å². The zero-order valence-corrected chi connectivity index (χ0v) is 18.9. The van der Waals surface area contributed by atoms with E-state index in [2.05, 4.69) is 21.2 Å². The van der Waals surface area contributed by atoms with Crippen molar-refractivity contribution in [3.8, 4) is 5.75 Å². The van der Waals surface area contributed by atoms with E-state index in [0.717, 1.165) is 38.1 Å². The summed E-state index contributed by atoms with van der Waals surface area (Å²) in [6, 6.07) is 19.3. The fourth-order valence-corrected chi connectivity index (χ4v) is 5.15. The van der Waals surface area contributed by atoms with Crippen LogP contribution in [0.2, 0.25) is 5.02 Å². The van der Waals surface area contributed by atoms with E-state index in [0.29, 0.717) is 17.2 Å². The Bertz CT molecular complexity index is 1290. The molecule has 0 fully saturated rings. The maximum Gasteiger partial charge on any atom is 0.306 e. The van der Waals surface area contributed by atoms with Crippen molar-refractivity contribution in [3.63, 3.8) is 0 Å². The normalized spacial score (nSPS) is 23.1. The van der Waals surface area contributed by atoms with Crippen molar-refractivity contribution in [1.29, 1.82) is 0 Å². The molecule has 2 atom stereocenters. The molecule has 3 aromatic rings. The van der Waals surface area contributed by atoms with Gasteiger partial charge in [-0.3, -0.25) is 4.79 Å². The average molecular weight is 495 g/mol. The molecule has 3 aliphatic heterocycles. The summed E-state index contributed by atoms with van der Waals surface area (Å²) in [4.78, 5) is 13.5. The zero-order valence-electron chi connectivity index (χ0n) is 16.5. The molecule has 3 aromatic carbocycles. The maximum absolute atomic E-state index is 13.5. The van der Waals surface area contributed by atoms with Crippen molar-refractivity contribution in [3.05, 3.63) is 92.4 Å². The lowest BCUT2D eigenvalue weighted by atomic mass is 9.92. The predicted molar refractivity (Wildman–Crippen MR) is 123 cm³/mol. The Labute approximate surface area is 192 Å². The third-order valence-corrected chi connectivity index (χ3v) is 6.84. The van der Waals surface area contributed by atoms with Crippen LogP contribution in [0.25, 0.3) is 0 Å². The van der Waals surface area contributed by atoms with Crippen LogP contribution in [-0.2, 0) is 10.5 Å². The smallest absolute Gasteiger partial charge is 0.306 e. The Morgan fingerprint density at radius 2 is 1.97 bits per heavy atom. The van der Waals surface area contributed by atoms with Gasteiger partial charge in [-0.1, -0.05) is 51.3 Å². The Morgan fingerprint density at radius 1 is 1.16 bits per heavy atom. The van der Waals surface area contributed by atoms with Crippen molar-refractivity contribution in [2.45, 2.75) is 25.1 Å². The third-order valence-electron chi connectivity index (χ3n) is 6.10. The van der Waals surface area contributed by atoms with Gasteiger partial charge < -0.3 is 10.1 Å². The number of nitrogens with one attached hydrogen (secondary N) is 1. The Morgan fingerprint density at radius 3 is 2.77 bits per heavy atom. The highest BCUT2D eigenvalue weighted by Crippen LogP contribution is 2.54. The van der Waals surface area contributed by atoms with E-state index < -0.39 is 5.72 Å². The van der Waals surface area contributed by atoms with Crippen LogP contribution >= 0.6 is 27.5 Å². The summed E-state index contributed by atoms with van der Waals surface area (Å²) in [5, 5.41) is 10.5. The van der Waals surface area contributed by atoms with E-state index in [1.54, 1.807) is 0 Å². The number of aryl methyl sites for hydroxylation is 1. The van der Waals surface area contributed by atoms with E-state index >= 15 is 0 Å². The molecule has 1 amide bonds. The van der Waals surface area contributed by atoms with Gasteiger partial charge in [-0.15, -0.1) is 0 Å². The lowest BCUT2D eigenvalue weighted by molar-refractivity contribution is -0.161. The number of benzene rings is 3. The van der Waals surface area contributed by atoms with Crippen LogP contribution in [0.15, 0.2) is 70.2 Å². The first-order valence-corrected chi connectivity index (χ1v) is 11.2. The van der Waals surface area contributed by atoms with Crippen LogP contribution in [0.1, 0.15) is 34.7 Å². The van der Waals surface area contributed by atoms with E-state index in [1.165, 1.54) is 0 Å². The SMILES string of the molecule is Cc1ccc2c(c1)[C@@]1(Oc3ccc(Br)cc3[C@H]3CC(c4ccc(Cl)cc4)=NN31)C(=O)N2. The van der Waals surface area contributed by atoms with Gasteiger partial charge in [-0.05, 0) is 55.0 Å². The highest BCUT2D eigenvalue weighted by Gasteiger charge is 2.60. The molecule has 0 saturated heterocycles. The van der Waals surface area contributed by atoms with Gasteiger partial charge in [0.2, 0.25) is 0 Å². The highest BCUT2D eigenvalue weighted by molar-refractivity contribution is 9.10. The number of fused-ring (bicyclic) bond motifs is 6. The first kappa shape index (κ1) is 18.9. The molecule has 31 heavy (non-hydrogen) atoms. The van der Waals surface area contributed by atoms with Crippen molar-refractivity contribution >= 4 is 44.8 Å². The summed E-state index contributed by atoms with van der Waals surface area (Å²) in [5.41, 5.74) is 4.13. The molecule has 0 aromatic heterocycles. The van der Waals surface area contributed by atoms with Crippen molar-refractivity contribution in [2.75, 3.05) is 5.32 Å². The summed E-state index contributed by atoms with van der Waals surface area (Å²) < 4.78 is 7.47. The minimum atomic E-state index is -1.35. The lowest BCUT2D eigenvalue weighted by Gasteiger charge is -2.44. The number of hydrogen-bond donors (Lipinski definition) is 1. The van der Waals surface area contributed by atoms with Crippen molar-refractivity contribution in [2.24, 2.45) is 5.10 Å². The number of hydrazone groups is 1. The molecule has 7 heteroatoms. The van der Waals surface area contributed by atoms with Crippen LogP contribution in [0.4, 0.5) is 5.69 Å². The standard InChI is InChI=1S/C24H17BrClN3O2/c1-13-2-8-19-18(10-13)24(23(30)27-19)29-21(17-11-15(25)5-9-22(17)31-24)12-20(28-29)14-3-6-16(26)7-4-14/h2-11,21H,12H2,1H3,(H,27,30)/t21-,24-/m1/s1. The molecule has 0 saturated carbocycles. The van der Waals surface area contributed by atoms with Crippen LogP contribution in [0.3, 0.4) is 0 Å². The van der Waals surface area contributed by atoms with E-state index in [9.17, 15) is 4.79 Å². The van der Waals surface area contributed by atoms with Crippen LogP contribution in [-0.4, -0.2) is 16.6 Å². The van der Waals surface area contributed by atoms with Gasteiger partial charge in [0, 0.05) is 21.5 Å². The van der Waals surface area contributed by atoms with E-state index in [1.807, 2.05) is 72.6 Å². The molecule has 154 valence electrons. The van der Waals surface area contributed by atoms with Gasteiger partial charge in [0.1, 0.15) is 5.75 Å². The third kappa shape index (κ3) is 2.68. The predicted octanol–water partition coefficient (Wildman–Crippen LogP) is 5.76. The molecule has 1 spiro atoms. The number of carbonyl (C=O) groups excluding carboxylic acids is 1. The molecule has 1 N–H and O–H groups in total. The number of halogens is 2. The molecule has 0 aliphatic carbocycles. The van der Waals surface area contributed by atoms with E-state index in [4.69, 9.17) is 21.4 Å². The Kier molecular flexibility index (Phi) is 4.01. The molecule has 5 nitrogen and oxygen atoms in total. The quantitative estimate of drug-likeness (QED) is 0.468. The largest absolute Gasteiger partial charge is 0.453 e. The summed E-state index contributed by atoms with van der Waals surface area (Å²) in [7, 11) is 0. The lowest BCUT2D eigenvalue weighted by Crippen LogP contribution is -2.55. The molecular weight excluding hydrogens is 478 g/mol. The number of ether oxygens (including phenoxy) is 1. The molecular formula is C24H17BrClN3O2. The van der Waals surface area contributed by atoms with Gasteiger partial charge in [-0.2, -0.15) is 5.10 Å². The number of nitrogens with zero attached hydrogens (tertiary/aromatic N) is 2. The summed E-state index contributed by atoms with van der Waals surface area (Å²) in [6.07, 6.45) is 0.657. The fourth-order valence-electron chi connectivity index (χ4n) is 4.64. The number of rotatable bonds is 1. The summed E-state index contributed by atoms with van der Waals surface area (Å²) in [6.45, 7) is 2.01. The number of amides is 1. The molecule has 0 bridgehead atoms. The zero-order chi connectivity index (χ0) is 21.3. The van der Waals surface area contributed by atoms with Crippen LogP contribution in [0.5, 0.6) is 5.75 Å².